The van der Waals surface area contributed by atoms with Gasteiger partial charge in [0.25, 0.3) is 0 Å². The fourth-order valence-electron chi connectivity index (χ4n) is 2.48. The van der Waals surface area contributed by atoms with Crippen molar-refractivity contribution in [2.45, 2.75) is 6.04 Å². The number of nitrogens with zero attached hydrogens (tertiary/aromatic N) is 2. The summed E-state index contributed by atoms with van der Waals surface area (Å²) in [5.74, 6) is 1.28. The van der Waals surface area contributed by atoms with E-state index >= 15 is 0 Å². The Hall–Kier alpha value is -2.56. The van der Waals surface area contributed by atoms with Crippen LogP contribution in [0.4, 0.5) is 4.79 Å². The van der Waals surface area contributed by atoms with Crippen LogP contribution in [0.3, 0.4) is 0 Å². The number of aromatic nitrogens is 1. The fraction of sp³-hybridized carbons (Fsp3) is 0.200. The number of carbonyl (C=O) groups is 1. The molecule has 0 aliphatic carbocycles. The molecule has 5 nitrogen and oxygen atoms in total. The molecule has 5 heteroatoms. The highest BCUT2D eigenvalue weighted by atomic mass is 16.5. The van der Waals surface area contributed by atoms with E-state index in [-0.39, 0.29) is 12.1 Å². The normalized spacial score (nSPS) is 15.6. The Balaban J connectivity index is 2.15. The Labute approximate surface area is 117 Å². The molecule has 0 fully saturated rings. The maximum atomic E-state index is 12.0. The van der Waals surface area contributed by atoms with Gasteiger partial charge in [-0.2, -0.15) is 0 Å². The molecule has 1 aromatic heterocycles. The predicted octanol–water partition coefficient (Wildman–Crippen LogP) is 2.55. The van der Waals surface area contributed by atoms with Gasteiger partial charge >= 0.3 is 6.03 Å². The molecule has 1 aliphatic heterocycles. The van der Waals surface area contributed by atoms with Crippen LogP contribution in [0.15, 0.2) is 42.6 Å². The van der Waals surface area contributed by atoms with Crippen LogP contribution in [-0.2, 0) is 0 Å². The zero-order valence-electron chi connectivity index (χ0n) is 11.3. The standard InChI is InChI=1S/C15H15N3O2/c1-16-15(19)18(2)13-10-6-3-4-8-12(10)20-14-11(13)7-5-9-17-14/h3-9,13H,1-2H3,(H,16,19)/t13-/m1/s1. The summed E-state index contributed by atoms with van der Waals surface area (Å²) in [5, 5.41) is 2.65. The molecule has 0 radical (unpaired) electrons. The molecule has 2 heterocycles. The molecule has 20 heavy (non-hydrogen) atoms. The minimum atomic E-state index is -0.205. The minimum Gasteiger partial charge on any atom is -0.438 e. The van der Waals surface area contributed by atoms with E-state index in [1.165, 1.54) is 0 Å². The van der Waals surface area contributed by atoms with Gasteiger partial charge in [-0.3, -0.25) is 0 Å². The first kappa shape index (κ1) is 12.5. The Bertz CT molecular complexity index is 612. The number of benzene rings is 1. The van der Waals surface area contributed by atoms with E-state index in [9.17, 15) is 4.79 Å². The summed E-state index contributed by atoms with van der Waals surface area (Å²) in [7, 11) is 3.39. The Morgan fingerprint density at radius 3 is 2.80 bits per heavy atom. The van der Waals surface area contributed by atoms with E-state index in [2.05, 4.69) is 10.3 Å². The van der Waals surface area contributed by atoms with Gasteiger partial charge < -0.3 is 15.0 Å². The third-order valence-corrected chi connectivity index (χ3v) is 3.44. The molecule has 2 amide bonds. The van der Waals surface area contributed by atoms with Crippen molar-refractivity contribution in [2.75, 3.05) is 14.1 Å². The third-order valence-electron chi connectivity index (χ3n) is 3.44. The molecule has 102 valence electrons. The monoisotopic (exact) mass is 269 g/mol. The number of fused-ring (bicyclic) bond motifs is 2. The van der Waals surface area contributed by atoms with E-state index in [0.717, 1.165) is 16.9 Å². The number of nitrogens with one attached hydrogen (secondary N) is 1. The molecule has 1 N–H and O–H groups in total. The summed E-state index contributed by atoms with van der Waals surface area (Å²) < 4.78 is 5.80. The fourth-order valence-corrected chi connectivity index (χ4v) is 2.48. The van der Waals surface area contributed by atoms with Crippen molar-refractivity contribution >= 4 is 6.03 Å². The average molecular weight is 269 g/mol. The van der Waals surface area contributed by atoms with Crippen LogP contribution in [0.2, 0.25) is 0 Å². The lowest BCUT2D eigenvalue weighted by atomic mass is 9.95. The zero-order chi connectivity index (χ0) is 14.1. The van der Waals surface area contributed by atoms with Crippen LogP contribution >= 0.6 is 0 Å². The highest BCUT2D eigenvalue weighted by Crippen LogP contribution is 2.43. The van der Waals surface area contributed by atoms with Crippen molar-refractivity contribution < 1.29 is 9.53 Å². The van der Waals surface area contributed by atoms with Crippen LogP contribution < -0.4 is 10.1 Å². The Morgan fingerprint density at radius 1 is 1.25 bits per heavy atom. The summed E-state index contributed by atoms with van der Waals surface area (Å²) in [6.07, 6.45) is 1.68. The highest BCUT2D eigenvalue weighted by Gasteiger charge is 2.32. The molecule has 0 saturated heterocycles. The summed E-state index contributed by atoms with van der Waals surface area (Å²) >= 11 is 0. The minimum absolute atomic E-state index is 0.151. The second kappa shape index (κ2) is 4.85. The first-order chi connectivity index (χ1) is 9.72. The molecule has 0 bridgehead atoms. The highest BCUT2D eigenvalue weighted by molar-refractivity contribution is 5.75. The van der Waals surface area contributed by atoms with Crippen LogP contribution in [0.1, 0.15) is 17.2 Å². The van der Waals surface area contributed by atoms with Crippen molar-refractivity contribution in [3.63, 3.8) is 0 Å². The van der Waals surface area contributed by atoms with Gasteiger partial charge in [0.2, 0.25) is 5.88 Å². The Morgan fingerprint density at radius 2 is 2.00 bits per heavy atom. The smallest absolute Gasteiger partial charge is 0.317 e. The number of amides is 2. The third kappa shape index (κ3) is 1.87. The molecule has 0 spiro atoms. The van der Waals surface area contributed by atoms with Gasteiger partial charge in [-0.25, -0.2) is 9.78 Å². The van der Waals surface area contributed by atoms with Crippen molar-refractivity contribution in [2.24, 2.45) is 0 Å². The van der Waals surface area contributed by atoms with Gasteiger partial charge in [0.15, 0.2) is 0 Å². The SMILES string of the molecule is CNC(=O)N(C)[C@@H]1c2ccccc2Oc2ncccc21. The quantitative estimate of drug-likeness (QED) is 0.865. The number of rotatable bonds is 1. The summed E-state index contributed by atoms with van der Waals surface area (Å²) in [6, 6.07) is 11.1. The van der Waals surface area contributed by atoms with Crippen molar-refractivity contribution in [3.8, 4) is 11.6 Å². The number of ether oxygens (including phenoxy) is 1. The molecule has 2 aromatic rings. The van der Waals surface area contributed by atoms with Crippen LogP contribution in [0.25, 0.3) is 0 Å². The number of carbonyl (C=O) groups excluding carboxylic acids is 1. The Kier molecular flexibility index (Phi) is 3.02. The van der Waals surface area contributed by atoms with Gasteiger partial charge in [0, 0.05) is 31.4 Å². The number of urea groups is 1. The van der Waals surface area contributed by atoms with E-state index in [0.29, 0.717) is 5.88 Å². The lowest BCUT2D eigenvalue weighted by molar-refractivity contribution is 0.197. The number of pyridine rings is 1. The van der Waals surface area contributed by atoms with Gasteiger partial charge in [0.1, 0.15) is 5.75 Å². The van der Waals surface area contributed by atoms with Gasteiger partial charge in [0.05, 0.1) is 6.04 Å². The maximum Gasteiger partial charge on any atom is 0.317 e. The first-order valence-electron chi connectivity index (χ1n) is 6.38. The molecule has 0 unspecified atom stereocenters. The summed E-state index contributed by atoms with van der Waals surface area (Å²) in [4.78, 5) is 17.9. The summed E-state index contributed by atoms with van der Waals surface area (Å²) in [6.45, 7) is 0. The van der Waals surface area contributed by atoms with Crippen molar-refractivity contribution in [3.05, 3.63) is 53.7 Å². The van der Waals surface area contributed by atoms with Crippen molar-refractivity contribution in [1.82, 2.24) is 15.2 Å². The second-order valence-corrected chi connectivity index (χ2v) is 4.61. The van der Waals surface area contributed by atoms with E-state index < -0.39 is 0 Å². The topological polar surface area (TPSA) is 54.5 Å². The number of para-hydroxylation sites is 1. The lowest BCUT2D eigenvalue weighted by Crippen LogP contribution is -2.39. The number of hydrogen-bond donors (Lipinski definition) is 1. The van der Waals surface area contributed by atoms with E-state index in [1.54, 1.807) is 25.2 Å². The molecule has 1 aromatic carbocycles. The van der Waals surface area contributed by atoms with Gasteiger partial charge in [-0.15, -0.1) is 0 Å². The van der Waals surface area contributed by atoms with E-state index in [1.807, 2.05) is 36.4 Å². The molecular formula is C15H15N3O2. The lowest BCUT2D eigenvalue weighted by Gasteiger charge is -2.33. The van der Waals surface area contributed by atoms with Crippen LogP contribution in [0.5, 0.6) is 11.6 Å². The van der Waals surface area contributed by atoms with Crippen molar-refractivity contribution in [1.29, 1.82) is 0 Å². The maximum absolute atomic E-state index is 12.0. The number of hydrogen-bond acceptors (Lipinski definition) is 3. The van der Waals surface area contributed by atoms with E-state index in [4.69, 9.17) is 4.74 Å². The first-order valence-corrected chi connectivity index (χ1v) is 6.38. The van der Waals surface area contributed by atoms with Gasteiger partial charge in [-0.1, -0.05) is 18.2 Å². The zero-order valence-corrected chi connectivity index (χ0v) is 11.3. The second-order valence-electron chi connectivity index (χ2n) is 4.61. The van der Waals surface area contributed by atoms with Crippen LogP contribution in [0, 0.1) is 0 Å². The molecular weight excluding hydrogens is 254 g/mol. The molecule has 0 saturated carbocycles. The largest absolute Gasteiger partial charge is 0.438 e. The molecule has 1 aliphatic rings. The summed E-state index contributed by atoms with van der Waals surface area (Å²) in [5.41, 5.74) is 1.84. The molecule has 3 rings (SSSR count). The molecule has 1 atom stereocenters. The average Bonchev–Trinajstić information content (AvgIpc) is 2.51. The van der Waals surface area contributed by atoms with Crippen LogP contribution in [-0.4, -0.2) is 30.0 Å². The predicted molar refractivity (Wildman–Crippen MR) is 74.8 cm³/mol. The van der Waals surface area contributed by atoms with Gasteiger partial charge in [-0.05, 0) is 18.2 Å².